The largest absolute Gasteiger partial charge is 0.313 e. The highest BCUT2D eigenvalue weighted by molar-refractivity contribution is 7.92. The summed E-state index contributed by atoms with van der Waals surface area (Å²) in [6, 6.07) is 0. The third-order valence-electron chi connectivity index (χ3n) is 2.98. The number of hydrogen-bond donors (Lipinski definition) is 3. The van der Waals surface area contributed by atoms with Crippen molar-refractivity contribution in [2.45, 2.75) is 31.8 Å². The summed E-state index contributed by atoms with van der Waals surface area (Å²) in [5.74, 6) is 0. The molecule has 0 radical (unpaired) electrons. The Labute approximate surface area is 124 Å². The van der Waals surface area contributed by atoms with Gasteiger partial charge in [-0.05, 0) is 19.9 Å². The van der Waals surface area contributed by atoms with Gasteiger partial charge in [-0.15, -0.1) is 0 Å². The highest BCUT2D eigenvalue weighted by atomic mass is 32.2. The van der Waals surface area contributed by atoms with Gasteiger partial charge in [0.25, 0.3) is 10.0 Å². The Morgan fingerprint density at radius 3 is 2.81 bits per heavy atom. The third kappa shape index (κ3) is 3.61. The molecule has 0 saturated heterocycles. The second kappa shape index (κ2) is 6.27. The minimum atomic E-state index is -3.73. The van der Waals surface area contributed by atoms with Crippen LogP contribution in [0.15, 0.2) is 17.4 Å². The molecule has 0 bridgehead atoms. The molecule has 0 atom stereocenters. The second-order valence-corrected chi connectivity index (χ2v) is 6.41. The highest BCUT2D eigenvalue weighted by Gasteiger charge is 2.24. The zero-order valence-corrected chi connectivity index (χ0v) is 13.2. The summed E-state index contributed by atoms with van der Waals surface area (Å²) in [4.78, 5) is 0. The van der Waals surface area contributed by atoms with Crippen molar-refractivity contribution in [1.82, 2.24) is 25.3 Å². The van der Waals surface area contributed by atoms with E-state index in [-0.39, 0.29) is 5.03 Å². The van der Waals surface area contributed by atoms with E-state index in [4.69, 9.17) is 0 Å². The van der Waals surface area contributed by atoms with Gasteiger partial charge in [0.15, 0.2) is 0 Å². The van der Waals surface area contributed by atoms with Crippen LogP contribution in [0.4, 0.5) is 5.69 Å². The summed E-state index contributed by atoms with van der Waals surface area (Å²) in [6.45, 7) is 5.13. The van der Waals surface area contributed by atoms with Crippen LogP contribution in [0, 0.1) is 6.92 Å². The van der Waals surface area contributed by atoms with Crippen molar-refractivity contribution in [2.24, 2.45) is 7.05 Å². The van der Waals surface area contributed by atoms with Crippen LogP contribution in [0.1, 0.15) is 24.6 Å². The van der Waals surface area contributed by atoms with Crippen molar-refractivity contribution in [3.8, 4) is 0 Å². The molecule has 21 heavy (non-hydrogen) atoms. The monoisotopic (exact) mass is 312 g/mol. The number of anilines is 1. The number of aromatic amines is 1. The average Bonchev–Trinajstić information content (AvgIpc) is 2.97. The van der Waals surface area contributed by atoms with E-state index in [1.54, 1.807) is 20.2 Å². The molecule has 0 aromatic carbocycles. The third-order valence-corrected chi connectivity index (χ3v) is 4.33. The molecule has 0 aliphatic heterocycles. The van der Waals surface area contributed by atoms with Gasteiger partial charge in [0.05, 0.1) is 11.9 Å². The summed E-state index contributed by atoms with van der Waals surface area (Å²) in [5, 5.41) is 13.8. The lowest BCUT2D eigenvalue weighted by molar-refractivity contribution is 0.593. The predicted molar refractivity (Wildman–Crippen MR) is 79.3 cm³/mol. The summed E-state index contributed by atoms with van der Waals surface area (Å²) in [7, 11) is -2.01. The molecule has 0 unspecified atom stereocenters. The average molecular weight is 312 g/mol. The maximum absolute atomic E-state index is 12.4. The molecule has 0 amide bonds. The lowest BCUT2D eigenvalue weighted by atomic mass is 10.2. The smallest absolute Gasteiger partial charge is 0.281 e. The molecule has 0 fully saturated rings. The number of aryl methyl sites for hydroxylation is 2. The standard InChI is InChI=1S/C12H20N6O2S/c1-4-5-13-7-11-9(2)15-16-12(11)21(19,20)17-10-6-14-18(3)8-10/h6,8,13,17H,4-5,7H2,1-3H3,(H,15,16). The molecule has 2 heterocycles. The molecule has 0 spiro atoms. The minimum Gasteiger partial charge on any atom is -0.313 e. The van der Waals surface area contributed by atoms with Crippen LogP contribution in [0.3, 0.4) is 0 Å². The van der Waals surface area contributed by atoms with Gasteiger partial charge in [-0.3, -0.25) is 14.5 Å². The maximum atomic E-state index is 12.4. The highest BCUT2D eigenvalue weighted by Crippen LogP contribution is 2.19. The van der Waals surface area contributed by atoms with E-state index in [0.717, 1.165) is 18.7 Å². The molecule has 0 saturated carbocycles. The second-order valence-electron chi connectivity index (χ2n) is 4.82. The molecular weight excluding hydrogens is 292 g/mol. The fourth-order valence-corrected chi connectivity index (χ4v) is 3.16. The van der Waals surface area contributed by atoms with Crippen molar-refractivity contribution < 1.29 is 8.42 Å². The number of aromatic nitrogens is 4. The Morgan fingerprint density at radius 1 is 1.43 bits per heavy atom. The van der Waals surface area contributed by atoms with Crippen LogP contribution in [0.25, 0.3) is 0 Å². The van der Waals surface area contributed by atoms with Crippen LogP contribution in [0.2, 0.25) is 0 Å². The van der Waals surface area contributed by atoms with E-state index in [2.05, 4.69) is 32.3 Å². The molecular formula is C12H20N6O2S. The Bertz CT molecular complexity index is 703. The van der Waals surface area contributed by atoms with Gasteiger partial charge < -0.3 is 5.32 Å². The molecule has 0 aliphatic carbocycles. The van der Waals surface area contributed by atoms with Gasteiger partial charge in [-0.1, -0.05) is 6.92 Å². The molecule has 116 valence electrons. The van der Waals surface area contributed by atoms with Crippen molar-refractivity contribution in [3.63, 3.8) is 0 Å². The van der Waals surface area contributed by atoms with Gasteiger partial charge in [-0.2, -0.15) is 18.6 Å². The lowest BCUT2D eigenvalue weighted by Crippen LogP contribution is -2.19. The molecule has 9 heteroatoms. The zero-order valence-electron chi connectivity index (χ0n) is 12.3. The van der Waals surface area contributed by atoms with E-state index >= 15 is 0 Å². The number of nitrogens with one attached hydrogen (secondary N) is 3. The normalized spacial score (nSPS) is 11.8. The van der Waals surface area contributed by atoms with E-state index in [9.17, 15) is 8.42 Å². The number of sulfonamides is 1. The van der Waals surface area contributed by atoms with Crippen LogP contribution >= 0.6 is 0 Å². The van der Waals surface area contributed by atoms with E-state index in [0.29, 0.717) is 17.8 Å². The molecule has 2 rings (SSSR count). The van der Waals surface area contributed by atoms with E-state index in [1.807, 2.05) is 0 Å². The Kier molecular flexibility index (Phi) is 4.63. The first-order valence-corrected chi connectivity index (χ1v) is 8.18. The van der Waals surface area contributed by atoms with Crippen LogP contribution in [-0.4, -0.2) is 34.9 Å². The Balaban J connectivity index is 2.23. The zero-order chi connectivity index (χ0) is 15.5. The Hall–Kier alpha value is -1.87. The first-order valence-electron chi connectivity index (χ1n) is 6.70. The molecule has 0 aliphatic rings. The van der Waals surface area contributed by atoms with E-state index < -0.39 is 10.0 Å². The van der Waals surface area contributed by atoms with Gasteiger partial charge in [-0.25, -0.2) is 0 Å². The maximum Gasteiger partial charge on any atom is 0.281 e. The fourth-order valence-electron chi connectivity index (χ4n) is 1.93. The SMILES string of the molecule is CCCNCc1c(S(=O)(=O)Nc2cnn(C)c2)n[nH]c1C. The summed E-state index contributed by atoms with van der Waals surface area (Å²) >= 11 is 0. The quantitative estimate of drug-likeness (QED) is 0.654. The van der Waals surface area contributed by atoms with Crippen LogP contribution < -0.4 is 10.0 Å². The van der Waals surface area contributed by atoms with Crippen molar-refractivity contribution in [3.05, 3.63) is 23.7 Å². The van der Waals surface area contributed by atoms with E-state index in [1.165, 1.54) is 10.9 Å². The number of rotatable bonds is 7. The first-order chi connectivity index (χ1) is 9.94. The summed E-state index contributed by atoms with van der Waals surface area (Å²) in [5.41, 5.74) is 1.80. The molecule has 8 nitrogen and oxygen atoms in total. The van der Waals surface area contributed by atoms with Gasteiger partial charge >= 0.3 is 0 Å². The van der Waals surface area contributed by atoms with Gasteiger partial charge in [0, 0.05) is 31.0 Å². The molecule has 2 aromatic heterocycles. The number of hydrogen-bond acceptors (Lipinski definition) is 5. The van der Waals surface area contributed by atoms with Gasteiger partial charge in [0.2, 0.25) is 5.03 Å². The number of nitrogens with zero attached hydrogens (tertiary/aromatic N) is 3. The first kappa shape index (κ1) is 15.5. The fraction of sp³-hybridized carbons (Fsp3) is 0.500. The van der Waals surface area contributed by atoms with Crippen molar-refractivity contribution in [1.29, 1.82) is 0 Å². The minimum absolute atomic E-state index is 0.0208. The summed E-state index contributed by atoms with van der Waals surface area (Å²) < 4.78 is 28.8. The van der Waals surface area contributed by atoms with Crippen LogP contribution in [0.5, 0.6) is 0 Å². The predicted octanol–water partition coefficient (Wildman–Crippen LogP) is 0.752. The topological polar surface area (TPSA) is 105 Å². The lowest BCUT2D eigenvalue weighted by Gasteiger charge is -2.07. The summed E-state index contributed by atoms with van der Waals surface area (Å²) in [6.07, 6.45) is 4.02. The van der Waals surface area contributed by atoms with Crippen molar-refractivity contribution in [2.75, 3.05) is 11.3 Å². The van der Waals surface area contributed by atoms with Crippen molar-refractivity contribution >= 4 is 15.7 Å². The van der Waals surface area contributed by atoms with Gasteiger partial charge in [0.1, 0.15) is 0 Å². The molecule has 3 N–H and O–H groups in total. The number of H-pyrrole nitrogens is 1. The Morgan fingerprint density at radius 2 is 2.19 bits per heavy atom. The molecule has 2 aromatic rings. The van der Waals surface area contributed by atoms with Crippen LogP contribution in [-0.2, 0) is 23.6 Å².